The Hall–Kier alpha value is -2.20. The number of carbonyl (C=O) groups is 2. The summed E-state index contributed by atoms with van der Waals surface area (Å²) in [6.07, 6.45) is 0. The highest BCUT2D eigenvalue weighted by atomic mass is 35.5. The number of pyridine rings is 1. The van der Waals surface area contributed by atoms with Gasteiger partial charge >= 0.3 is 5.97 Å². The normalized spacial score (nSPS) is 15.1. The highest BCUT2D eigenvalue weighted by Crippen LogP contribution is 2.20. The van der Waals surface area contributed by atoms with Crippen LogP contribution in [0.25, 0.3) is 0 Å². The van der Waals surface area contributed by atoms with Gasteiger partial charge in [0.1, 0.15) is 11.8 Å². The molecule has 1 aromatic heterocycles. The van der Waals surface area contributed by atoms with Gasteiger partial charge in [-0.1, -0.05) is 29.3 Å². The predicted octanol–water partition coefficient (Wildman–Crippen LogP) is 1.87. The molecule has 0 spiro atoms. The standard InChI is InChI=1S/C17H15Cl2N3O5S/c18-13-4-5-15(19)21-14(13)10-27-17(24)11-2-1-3-12(8-11)28(25,26)22-7-6-20-16(23)9-22/h1-5,8H,6-7,9-10H2,(H,20,23). The second-order valence-corrected chi connectivity index (χ2v) is 8.59. The van der Waals surface area contributed by atoms with E-state index in [0.29, 0.717) is 0 Å². The van der Waals surface area contributed by atoms with Gasteiger partial charge < -0.3 is 10.1 Å². The minimum Gasteiger partial charge on any atom is -0.456 e. The smallest absolute Gasteiger partial charge is 0.338 e. The second kappa shape index (κ2) is 8.44. The molecule has 148 valence electrons. The van der Waals surface area contributed by atoms with E-state index < -0.39 is 16.0 Å². The van der Waals surface area contributed by atoms with E-state index in [2.05, 4.69) is 10.3 Å². The van der Waals surface area contributed by atoms with Crippen molar-refractivity contribution < 1.29 is 22.7 Å². The van der Waals surface area contributed by atoms with Crippen molar-refractivity contribution >= 4 is 45.1 Å². The number of esters is 1. The number of piperazine rings is 1. The fourth-order valence-corrected chi connectivity index (χ4v) is 4.30. The average molecular weight is 444 g/mol. The van der Waals surface area contributed by atoms with Gasteiger partial charge in [-0.2, -0.15) is 4.31 Å². The Morgan fingerprint density at radius 2 is 2.04 bits per heavy atom. The molecule has 8 nitrogen and oxygen atoms in total. The maximum atomic E-state index is 12.7. The van der Waals surface area contributed by atoms with Crippen LogP contribution in [0.4, 0.5) is 0 Å². The summed E-state index contributed by atoms with van der Waals surface area (Å²) in [6, 6.07) is 8.45. The number of amides is 1. The van der Waals surface area contributed by atoms with Gasteiger partial charge in [-0.05, 0) is 30.3 Å². The van der Waals surface area contributed by atoms with E-state index in [1.54, 1.807) is 0 Å². The number of benzene rings is 1. The summed E-state index contributed by atoms with van der Waals surface area (Å²) in [5.41, 5.74) is 0.325. The third-order valence-corrected chi connectivity index (χ3v) is 6.33. The molecule has 1 saturated heterocycles. The first-order valence-corrected chi connectivity index (χ1v) is 10.3. The summed E-state index contributed by atoms with van der Waals surface area (Å²) in [5.74, 6) is -1.12. The van der Waals surface area contributed by atoms with E-state index in [1.807, 2.05) is 0 Å². The van der Waals surface area contributed by atoms with Gasteiger partial charge in [-0.25, -0.2) is 18.2 Å². The van der Waals surface area contributed by atoms with Crippen LogP contribution in [0.2, 0.25) is 10.2 Å². The highest BCUT2D eigenvalue weighted by molar-refractivity contribution is 7.89. The van der Waals surface area contributed by atoms with Crippen LogP contribution in [0.1, 0.15) is 16.1 Å². The molecule has 0 saturated carbocycles. The number of carbonyl (C=O) groups excluding carboxylic acids is 2. The molecule has 0 bridgehead atoms. The zero-order valence-corrected chi connectivity index (χ0v) is 16.7. The first-order valence-electron chi connectivity index (χ1n) is 8.12. The van der Waals surface area contributed by atoms with Crippen molar-refractivity contribution in [1.29, 1.82) is 0 Å². The van der Waals surface area contributed by atoms with Gasteiger partial charge in [0.05, 0.1) is 27.7 Å². The van der Waals surface area contributed by atoms with Gasteiger partial charge in [0.25, 0.3) is 0 Å². The fraction of sp³-hybridized carbons (Fsp3) is 0.235. The molecule has 2 aromatic rings. The van der Waals surface area contributed by atoms with Crippen LogP contribution in [-0.2, 0) is 26.2 Å². The molecule has 0 radical (unpaired) electrons. The predicted molar refractivity (Wildman–Crippen MR) is 102 cm³/mol. The summed E-state index contributed by atoms with van der Waals surface area (Å²) >= 11 is 11.8. The lowest BCUT2D eigenvalue weighted by molar-refractivity contribution is -0.122. The Labute approximate surface area is 171 Å². The van der Waals surface area contributed by atoms with Crippen molar-refractivity contribution in [3.63, 3.8) is 0 Å². The quantitative estimate of drug-likeness (QED) is 0.558. The summed E-state index contributed by atoms with van der Waals surface area (Å²) in [4.78, 5) is 27.7. The fourth-order valence-electron chi connectivity index (χ4n) is 2.53. The number of aromatic nitrogens is 1. The van der Waals surface area contributed by atoms with Crippen molar-refractivity contribution in [3.8, 4) is 0 Å². The molecule has 11 heteroatoms. The molecular formula is C17H15Cl2N3O5S. The molecule has 1 fully saturated rings. The molecule has 3 rings (SSSR count). The molecular weight excluding hydrogens is 429 g/mol. The third kappa shape index (κ3) is 4.61. The highest BCUT2D eigenvalue weighted by Gasteiger charge is 2.29. The second-order valence-electron chi connectivity index (χ2n) is 5.86. The topological polar surface area (TPSA) is 106 Å². The summed E-state index contributed by atoms with van der Waals surface area (Å²) < 4.78 is 31.7. The Morgan fingerprint density at radius 3 is 2.79 bits per heavy atom. The van der Waals surface area contributed by atoms with E-state index >= 15 is 0 Å². The SMILES string of the molecule is O=C1CN(S(=O)(=O)c2cccc(C(=O)OCc3nc(Cl)ccc3Cl)c2)CCN1. The number of hydrogen-bond acceptors (Lipinski definition) is 6. The minimum atomic E-state index is -3.92. The Balaban J connectivity index is 1.76. The Bertz CT molecular complexity index is 1030. The Kier molecular flexibility index (Phi) is 6.19. The minimum absolute atomic E-state index is 0.0423. The van der Waals surface area contributed by atoms with Crippen LogP contribution in [0.15, 0.2) is 41.3 Å². The third-order valence-electron chi connectivity index (χ3n) is 3.94. The number of ether oxygens (including phenoxy) is 1. The van der Waals surface area contributed by atoms with E-state index in [9.17, 15) is 18.0 Å². The maximum absolute atomic E-state index is 12.7. The molecule has 1 aliphatic heterocycles. The molecule has 0 unspecified atom stereocenters. The van der Waals surface area contributed by atoms with Crippen molar-refractivity contribution in [2.75, 3.05) is 19.6 Å². The lowest BCUT2D eigenvalue weighted by atomic mass is 10.2. The zero-order valence-electron chi connectivity index (χ0n) is 14.4. The van der Waals surface area contributed by atoms with Crippen LogP contribution >= 0.6 is 23.2 Å². The van der Waals surface area contributed by atoms with Crippen molar-refractivity contribution in [3.05, 3.63) is 57.8 Å². The number of nitrogens with one attached hydrogen (secondary N) is 1. The van der Waals surface area contributed by atoms with Crippen molar-refractivity contribution in [2.24, 2.45) is 0 Å². The van der Waals surface area contributed by atoms with Gasteiger partial charge in [0.15, 0.2) is 0 Å². The molecule has 1 aliphatic rings. The van der Waals surface area contributed by atoms with Crippen LogP contribution in [0, 0.1) is 0 Å². The lowest BCUT2D eigenvalue weighted by Crippen LogP contribution is -2.49. The zero-order chi connectivity index (χ0) is 20.3. The number of rotatable bonds is 5. The van der Waals surface area contributed by atoms with Crippen LogP contribution in [0.3, 0.4) is 0 Å². The summed E-state index contributed by atoms with van der Waals surface area (Å²) in [6.45, 7) is -0.105. The molecule has 1 amide bonds. The van der Waals surface area contributed by atoms with E-state index in [0.717, 1.165) is 4.31 Å². The molecule has 28 heavy (non-hydrogen) atoms. The molecule has 0 aliphatic carbocycles. The lowest BCUT2D eigenvalue weighted by Gasteiger charge is -2.26. The van der Waals surface area contributed by atoms with Crippen molar-refractivity contribution in [2.45, 2.75) is 11.5 Å². The number of sulfonamides is 1. The number of halogens is 2. The van der Waals surface area contributed by atoms with E-state index in [4.69, 9.17) is 27.9 Å². The van der Waals surface area contributed by atoms with E-state index in [1.165, 1.54) is 36.4 Å². The van der Waals surface area contributed by atoms with E-state index in [-0.39, 0.29) is 58.5 Å². The van der Waals surface area contributed by atoms with Gasteiger partial charge in [0.2, 0.25) is 15.9 Å². The molecule has 2 heterocycles. The molecule has 1 N–H and O–H groups in total. The van der Waals surface area contributed by atoms with Crippen LogP contribution in [0.5, 0.6) is 0 Å². The summed E-state index contributed by atoms with van der Waals surface area (Å²) in [7, 11) is -3.92. The first-order chi connectivity index (χ1) is 13.3. The van der Waals surface area contributed by atoms with Crippen molar-refractivity contribution in [1.82, 2.24) is 14.6 Å². The monoisotopic (exact) mass is 443 g/mol. The number of hydrogen-bond donors (Lipinski definition) is 1. The van der Waals surface area contributed by atoms with Crippen LogP contribution in [-0.4, -0.2) is 49.2 Å². The first kappa shape index (κ1) is 20.5. The maximum Gasteiger partial charge on any atom is 0.338 e. The average Bonchev–Trinajstić information content (AvgIpc) is 2.68. The van der Waals surface area contributed by atoms with Gasteiger partial charge in [-0.3, -0.25) is 4.79 Å². The molecule has 0 atom stereocenters. The van der Waals surface area contributed by atoms with Gasteiger partial charge in [0, 0.05) is 13.1 Å². The Morgan fingerprint density at radius 1 is 1.25 bits per heavy atom. The van der Waals surface area contributed by atoms with Crippen LogP contribution < -0.4 is 5.32 Å². The summed E-state index contributed by atoms with van der Waals surface area (Å²) in [5, 5.41) is 3.05. The largest absolute Gasteiger partial charge is 0.456 e. The van der Waals surface area contributed by atoms with Gasteiger partial charge in [-0.15, -0.1) is 0 Å². The number of nitrogens with zero attached hydrogens (tertiary/aromatic N) is 2. The molecule has 1 aromatic carbocycles.